The second kappa shape index (κ2) is 6.28. The summed E-state index contributed by atoms with van der Waals surface area (Å²) < 4.78 is 10.0. The van der Waals surface area contributed by atoms with Gasteiger partial charge in [-0.05, 0) is 31.5 Å². The summed E-state index contributed by atoms with van der Waals surface area (Å²) in [5.41, 5.74) is -0.687. The molecule has 8 heteroatoms. The van der Waals surface area contributed by atoms with Crippen LogP contribution in [0.1, 0.15) is 25.5 Å². The number of hydrogen-bond acceptors (Lipinski definition) is 7. The predicted molar refractivity (Wildman–Crippen MR) is 90.3 cm³/mol. The van der Waals surface area contributed by atoms with E-state index >= 15 is 0 Å². The SMILES string of the molecule is CCN1C(=O)[C@@H]2[C@H](c3ccc(O)c(OC)c3)N[C@](C)(C(=O)OC)[C@H]2C1=O. The number of carbonyl (C=O) groups is 3. The number of phenols is 1. The zero-order valence-corrected chi connectivity index (χ0v) is 15.1. The van der Waals surface area contributed by atoms with Gasteiger partial charge in [-0.1, -0.05) is 6.07 Å². The predicted octanol–water partition coefficient (Wildman–Crippen LogP) is 0.598. The number of methoxy groups -OCH3 is 2. The zero-order chi connectivity index (χ0) is 19.2. The van der Waals surface area contributed by atoms with Crippen molar-refractivity contribution in [1.29, 1.82) is 0 Å². The zero-order valence-electron chi connectivity index (χ0n) is 15.1. The van der Waals surface area contributed by atoms with Gasteiger partial charge >= 0.3 is 5.97 Å². The molecule has 2 saturated heterocycles. The monoisotopic (exact) mass is 362 g/mol. The van der Waals surface area contributed by atoms with Gasteiger partial charge in [-0.25, -0.2) is 0 Å². The Labute approximate surface area is 151 Å². The van der Waals surface area contributed by atoms with Crippen molar-refractivity contribution in [2.45, 2.75) is 25.4 Å². The highest BCUT2D eigenvalue weighted by atomic mass is 16.5. The van der Waals surface area contributed by atoms with Crippen LogP contribution >= 0.6 is 0 Å². The Morgan fingerprint density at radius 3 is 2.58 bits per heavy atom. The van der Waals surface area contributed by atoms with E-state index in [1.165, 1.54) is 25.2 Å². The van der Waals surface area contributed by atoms with E-state index < -0.39 is 29.4 Å². The van der Waals surface area contributed by atoms with Crippen LogP contribution in [0.25, 0.3) is 0 Å². The van der Waals surface area contributed by atoms with Crippen LogP contribution in [-0.4, -0.2) is 54.1 Å². The Morgan fingerprint density at radius 2 is 2.00 bits per heavy atom. The lowest BCUT2D eigenvalue weighted by Gasteiger charge is -2.28. The van der Waals surface area contributed by atoms with Crippen molar-refractivity contribution < 1.29 is 29.0 Å². The van der Waals surface area contributed by atoms with Gasteiger partial charge in [0.25, 0.3) is 0 Å². The summed E-state index contributed by atoms with van der Waals surface area (Å²) in [5, 5.41) is 13.0. The van der Waals surface area contributed by atoms with Crippen LogP contribution in [-0.2, 0) is 19.1 Å². The lowest BCUT2D eigenvalue weighted by Crippen LogP contribution is -2.53. The number of phenolic OH excluding ortho intramolecular Hbond substituents is 1. The normalized spacial score (nSPS) is 30.5. The molecule has 8 nitrogen and oxygen atoms in total. The van der Waals surface area contributed by atoms with E-state index in [9.17, 15) is 19.5 Å². The minimum atomic E-state index is -1.33. The first-order valence-electron chi connectivity index (χ1n) is 8.38. The summed E-state index contributed by atoms with van der Waals surface area (Å²) in [6.07, 6.45) is 0. The van der Waals surface area contributed by atoms with E-state index in [1.54, 1.807) is 26.0 Å². The molecule has 26 heavy (non-hydrogen) atoms. The van der Waals surface area contributed by atoms with Gasteiger partial charge in [0.15, 0.2) is 11.5 Å². The quantitative estimate of drug-likeness (QED) is 0.597. The first-order valence-corrected chi connectivity index (χ1v) is 8.38. The summed E-state index contributed by atoms with van der Waals surface area (Å²) >= 11 is 0. The number of nitrogens with zero attached hydrogens (tertiary/aromatic N) is 1. The molecule has 1 aromatic rings. The molecule has 140 valence electrons. The van der Waals surface area contributed by atoms with Gasteiger partial charge < -0.3 is 14.6 Å². The molecular formula is C18H22N2O6. The Bertz CT molecular complexity index is 779. The molecule has 0 aromatic heterocycles. The summed E-state index contributed by atoms with van der Waals surface area (Å²) in [5.74, 6) is -2.68. The number of imide groups is 1. The number of esters is 1. The number of fused-ring (bicyclic) bond motifs is 1. The van der Waals surface area contributed by atoms with Crippen molar-refractivity contribution in [3.63, 3.8) is 0 Å². The minimum absolute atomic E-state index is 0.0365. The summed E-state index contributed by atoms with van der Waals surface area (Å²) in [7, 11) is 2.67. The smallest absolute Gasteiger partial charge is 0.326 e. The number of hydrogen-bond donors (Lipinski definition) is 2. The van der Waals surface area contributed by atoms with E-state index in [1.807, 2.05) is 0 Å². The van der Waals surface area contributed by atoms with Crippen molar-refractivity contribution in [2.24, 2.45) is 11.8 Å². The number of carbonyl (C=O) groups excluding carboxylic acids is 3. The Balaban J connectivity index is 2.11. The van der Waals surface area contributed by atoms with Gasteiger partial charge in [0.1, 0.15) is 5.54 Å². The lowest BCUT2D eigenvalue weighted by molar-refractivity contribution is -0.153. The van der Waals surface area contributed by atoms with E-state index in [2.05, 4.69) is 5.32 Å². The van der Waals surface area contributed by atoms with E-state index in [4.69, 9.17) is 9.47 Å². The molecule has 2 heterocycles. The molecule has 2 aliphatic heterocycles. The molecule has 2 N–H and O–H groups in total. The third kappa shape index (κ3) is 2.36. The fourth-order valence-electron chi connectivity index (χ4n) is 4.08. The van der Waals surface area contributed by atoms with Crippen LogP contribution < -0.4 is 10.1 Å². The highest BCUT2D eigenvalue weighted by Gasteiger charge is 2.66. The topological polar surface area (TPSA) is 105 Å². The molecule has 2 fully saturated rings. The van der Waals surface area contributed by atoms with Crippen molar-refractivity contribution >= 4 is 17.8 Å². The fourth-order valence-corrected chi connectivity index (χ4v) is 4.08. The number of benzene rings is 1. The highest BCUT2D eigenvalue weighted by molar-refractivity contribution is 6.09. The largest absolute Gasteiger partial charge is 0.504 e. The van der Waals surface area contributed by atoms with E-state index in [0.29, 0.717) is 5.56 Å². The van der Waals surface area contributed by atoms with Crippen molar-refractivity contribution in [3.8, 4) is 11.5 Å². The molecule has 4 atom stereocenters. The average Bonchev–Trinajstić information content (AvgIpc) is 3.09. The van der Waals surface area contributed by atoms with E-state index in [0.717, 1.165) is 0 Å². The van der Waals surface area contributed by atoms with Gasteiger partial charge in [-0.2, -0.15) is 0 Å². The molecule has 0 unspecified atom stereocenters. The fraction of sp³-hybridized carbons (Fsp3) is 0.500. The molecule has 1 aromatic carbocycles. The van der Waals surface area contributed by atoms with Crippen LogP contribution in [0.2, 0.25) is 0 Å². The van der Waals surface area contributed by atoms with Gasteiger partial charge in [-0.3, -0.25) is 24.6 Å². The van der Waals surface area contributed by atoms with Crippen LogP contribution in [0, 0.1) is 11.8 Å². The first kappa shape index (κ1) is 18.2. The van der Waals surface area contributed by atoms with Gasteiger partial charge in [0.05, 0.1) is 26.1 Å². The number of aromatic hydroxyl groups is 1. The second-order valence-electron chi connectivity index (χ2n) is 6.67. The molecule has 0 bridgehead atoms. The lowest BCUT2D eigenvalue weighted by atomic mass is 9.80. The van der Waals surface area contributed by atoms with Crippen molar-refractivity contribution in [3.05, 3.63) is 23.8 Å². The Kier molecular flexibility index (Phi) is 4.39. The molecule has 2 amide bonds. The number of ether oxygens (including phenoxy) is 2. The molecule has 0 spiro atoms. The van der Waals surface area contributed by atoms with Crippen molar-refractivity contribution in [2.75, 3.05) is 20.8 Å². The molecule has 0 saturated carbocycles. The average molecular weight is 362 g/mol. The second-order valence-corrected chi connectivity index (χ2v) is 6.67. The van der Waals surface area contributed by atoms with Crippen LogP contribution in [0.5, 0.6) is 11.5 Å². The summed E-state index contributed by atoms with van der Waals surface area (Å²) in [6, 6.07) is 4.10. The highest BCUT2D eigenvalue weighted by Crippen LogP contribution is 2.49. The number of nitrogens with one attached hydrogen (secondary N) is 1. The third-order valence-electron chi connectivity index (χ3n) is 5.37. The third-order valence-corrected chi connectivity index (χ3v) is 5.37. The Morgan fingerprint density at radius 1 is 1.31 bits per heavy atom. The maximum atomic E-state index is 12.9. The number of amides is 2. The molecule has 2 aliphatic rings. The first-order chi connectivity index (χ1) is 12.3. The summed E-state index contributed by atoms with van der Waals surface area (Å²) in [4.78, 5) is 39.3. The Hall–Kier alpha value is -2.61. The standard InChI is InChI=1S/C18H22N2O6/c1-5-20-15(22)12-13(16(20)23)18(2,17(24)26-4)19-14(12)9-6-7-10(21)11(8-9)25-3/h6-8,12-14,19,21H,5H2,1-4H3/t12-,13+,14-,18-/m0/s1. The van der Waals surface area contributed by atoms with E-state index in [-0.39, 0.29) is 29.9 Å². The maximum Gasteiger partial charge on any atom is 0.326 e. The minimum Gasteiger partial charge on any atom is -0.504 e. The van der Waals surface area contributed by atoms with Gasteiger partial charge in [0.2, 0.25) is 11.8 Å². The maximum absolute atomic E-state index is 12.9. The van der Waals surface area contributed by atoms with Crippen molar-refractivity contribution in [1.82, 2.24) is 10.2 Å². The molecule has 0 aliphatic carbocycles. The van der Waals surface area contributed by atoms with Gasteiger partial charge in [0, 0.05) is 12.6 Å². The number of rotatable bonds is 4. The molecular weight excluding hydrogens is 340 g/mol. The van der Waals surface area contributed by atoms with Gasteiger partial charge in [-0.15, -0.1) is 0 Å². The van der Waals surface area contributed by atoms with Crippen LogP contribution in [0.15, 0.2) is 18.2 Å². The molecule has 3 rings (SSSR count). The summed E-state index contributed by atoms with van der Waals surface area (Å²) in [6.45, 7) is 3.55. The number of likely N-dealkylation sites (tertiary alicyclic amines) is 1. The van der Waals surface area contributed by atoms with Crippen LogP contribution in [0.4, 0.5) is 0 Å². The van der Waals surface area contributed by atoms with Crippen LogP contribution in [0.3, 0.4) is 0 Å². The molecule has 0 radical (unpaired) electrons.